The van der Waals surface area contributed by atoms with Gasteiger partial charge in [0.25, 0.3) is 0 Å². The Morgan fingerprint density at radius 3 is 2.57 bits per heavy atom. The molecule has 0 aromatic heterocycles. The molecule has 30 heavy (non-hydrogen) atoms. The lowest BCUT2D eigenvalue weighted by atomic mass is 9.89. The van der Waals surface area contributed by atoms with Gasteiger partial charge in [0, 0.05) is 44.8 Å². The van der Waals surface area contributed by atoms with Crippen molar-refractivity contribution in [2.45, 2.75) is 25.8 Å². The number of fused-ring (bicyclic) bond motifs is 1. The van der Waals surface area contributed by atoms with E-state index in [1.165, 1.54) is 17.7 Å². The predicted molar refractivity (Wildman–Crippen MR) is 112 cm³/mol. The van der Waals surface area contributed by atoms with Crippen LogP contribution in [0.15, 0.2) is 42.5 Å². The summed E-state index contributed by atoms with van der Waals surface area (Å²) >= 11 is 0. The fraction of sp³-hybridized carbons (Fsp3) is 0.391. The van der Waals surface area contributed by atoms with Crippen molar-refractivity contribution in [3.05, 3.63) is 59.4 Å². The van der Waals surface area contributed by atoms with Crippen LogP contribution in [0.1, 0.15) is 30.4 Å². The van der Waals surface area contributed by atoms with Crippen LogP contribution in [0.3, 0.4) is 0 Å². The Balaban J connectivity index is 1.36. The molecule has 2 aromatic carbocycles. The Hall–Kier alpha value is -2.93. The molecule has 2 aromatic rings. The predicted octanol–water partition coefficient (Wildman–Crippen LogP) is 2.99. The van der Waals surface area contributed by atoms with Crippen LogP contribution in [0.25, 0.3) is 0 Å². The second-order valence-electron chi connectivity index (χ2n) is 7.71. The largest absolute Gasteiger partial charge is 0.494 e. The molecule has 158 valence electrons. The van der Waals surface area contributed by atoms with E-state index in [-0.39, 0.29) is 18.2 Å². The third-order valence-electron chi connectivity index (χ3n) is 5.68. The lowest BCUT2D eigenvalue weighted by molar-refractivity contribution is -0.136. The Morgan fingerprint density at radius 1 is 1.13 bits per heavy atom. The maximum atomic E-state index is 13.5. The minimum atomic E-state index is -0.549. The number of halogens is 1. The maximum Gasteiger partial charge on any atom is 0.230 e. The van der Waals surface area contributed by atoms with Crippen LogP contribution < -0.4 is 10.1 Å². The average molecular weight is 411 g/mol. The molecule has 1 unspecified atom stereocenters. The number of amides is 2. The molecule has 6 nitrogen and oxygen atoms in total. The molecular formula is C23H26FN3O3. The Bertz CT molecular complexity index is 924. The van der Waals surface area contributed by atoms with Crippen molar-refractivity contribution in [3.8, 4) is 5.75 Å². The molecule has 0 saturated carbocycles. The van der Waals surface area contributed by atoms with E-state index in [0.29, 0.717) is 30.9 Å². The van der Waals surface area contributed by atoms with Gasteiger partial charge >= 0.3 is 0 Å². The first-order chi connectivity index (χ1) is 14.5. The summed E-state index contributed by atoms with van der Waals surface area (Å²) in [7, 11) is 0. The number of ether oxygens (including phenoxy) is 1. The highest BCUT2D eigenvalue weighted by atomic mass is 19.1. The van der Waals surface area contributed by atoms with E-state index in [0.717, 1.165) is 25.4 Å². The van der Waals surface area contributed by atoms with Gasteiger partial charge in [0.05, 0.1) is 12.5 Å². The molecule has 1 fully saturated rings. The van der Waals surface area contributed by atoms with Gasteiger partial charge in [0.15, 0.2) is 0 Å². The summed E-state index contributed by atoms with van der Waals surface area (Å²) in [6.45, 7) is 6.21. The molecule has 7 heteroatoms. The Kier molecular flexibility index (Phi) is 5.99. The summed E-state index contributed by atoms with van der Waals surface area (Å²) in [6, 6.07) is 12.3. The summed E-state index contributed by atoms with van der Waals surface area (Å²) in [5.41, 5.74) is 2.30. The number of carbonyl (C=O) groups is 2. The molecule has 0 bridgehead atoms. The number of hydrogen-bond donors (Lipinski definition) is 1. The van der Waals surface area contributed by atoms with Crippen molar-refractivity contribution in [1.82, 2.24) is 9.80 Å². The van der Waals surface area contributed by atoms with Gasteiger partial charge < -0.3 is 15.0 Å². The van der Waals surface area contributed by atoms with E-state index < -0.39 is 11.7 Å². The summed E-state index contributed by atoms with van der Waals surface area (Å²) in [5.74, 6) is -0.413. The molecule has 0 spiro atoms. The zero-order valence-electron chi connectivity index (χ0n) is 17.1. The van der Waals surface area contributed by atoms with Crippen LogP contribution >= 0.6 is 0 Å². The van der Waals surface area contributed by atoms with Crippen LogP contribution in [0.5, 0.6) is 5.75 Å². The molecule has 1 saturated heterocycles. The second kappa shape index (κ2) is 8.83. The molecule has 1 atom stereocenters. The van der Waals surface area contributed by atoms with E-state index in [2.05, 4.69) is 22.3 Å². The highest BCUT2D eigenvalue weighted by molar-refractivity contribution is 6.01. The minimum Gasteiger partial charge on any atom is -0.494 e. The molecule has 2 aliphatic rings. The first kappa shape index (κ1) is 20.3. The SMILES string of the molecule is CCOc1ccc(CN2CCN(C(=O)C3CC(=O)Nc4cc(F)ccc43)CC2)cc1. The zero-order chi connectivity index (χ0) is 21.1. The number of hydrogen-bond acceptors (Lipinski definition) is 4. The molecule has 1 N–H and O–H groups in total. The topological polar surface area (TPSA) is 61.9 Å². The summed E-state index contributed by atoms with van der Waals surface area (Å²) < 4.78 is 19.0. The fourth-order valence-corrected chi connectivity index (χ4v) is 4.12. The van der Waals surface area contributed by atoms with Gasteiger partial charge in [-0.25, -0.2) is 4.39 Å². The van der Waals surface area contributed by atoms with Crippen molar-refractivity contribution in [3.63, 3.8) is 0 Å². The molecular weight excluding hydrogens is 385 g/mol. The van der Waals surface area contributed by atoms with Crippen molar-refractivity contribution < 1.29 is 18.7 Å². The van der Waals surface area contributed by atoms with E-state index in [9.17, 15) is 14.0 Å². The summed E-state index contributed by atoms with van der Waals surface area (Å²) in [4.78, 5) is 29.3. The van der Waals surface area contributed by atoms with Gasteiger partial charge in [0.1, 0.15) is 11.6 Å². The number of carbonyl (C=O) groups excluding carboxylic acids is 2. The number of nitrogens with one attached hydrogen (secondary N) is 1. The van der Waals surface area contributed by atoms with Crippen molar-refractivity contribution in [2.75, 3.05) is 38.1 Å². The van der Waals surface area contributed by atoms with Gasteiger partial charge in [-0.2, -0.15) is 0 Å². The molecule has 0 radical (unpaired) electrons. The Morgan fingerprint density at radius 2 is 1.87 bits per heavy atom. The standard InChI is InChI=1S/C23H26FN3O3/c1-2-30-18-6-3-16(4-7-18)15-26-9-11-27(12-10-26)23(29)20-14-22(28)25-21-13-17(24)5-8-19(20)21/h3-8,13,20H,2,9-12,14-15H2,1H3,(H,25,28). The van der Waals surface area contributed by atoms with E-state index in [1.807, 2.05) is 24.0 Å². The summed E-state index contributed by atoms with van der Waals surface area (Å²) in [5, 5.41) is 2.67. The van der Waals surface area contributed by atoms with Crippen LogP contribution in [0, 0.1) is 5.82 Å². The van der Waals surface area contributed by atoms with E-state index in [4.69, 9.17) is 4.74 Å². The van der Waals surface area contributed by atoms with Gasteiger partial charge in [-0.3, -0.25) is 14.5 Å². The Labute approximate surface area is 175 Å². The third-order valence-corrected chi connectivity index (χ3v) is 5.68. The lowest BCUT2D eigenvalue weighted by Crippen LogP contribution is -2.50. The normalized spacial score (nSPS) is 19.2. The highest BCUT2D eigenvalue weighted by Crippen LogP contribution is 2.34. The van der Waals surface area contributed by atoms with Gasteiger partial charge in [0.2, 0.25) is 11.8 Å². The van der Waals surface area contributed by atoms with Crippen LogP contribution in [-0.4, -0.2) is 54.4 Å². The first-order valence-corrected chi connectivity index (χ1v) is 10.4. The monoisotopic (exact) mass is 411 g/mol. The maximum absolute atomic E-state index is 13.5. The highest BCUT2D eigenvalue weighted by Gasteiger charge is 2.34. The van der Waals surface area contributed by atoms with E-state index >= 15 is 0 Å². The lowest BCUT2D eigenvalue weighted by Gasteiger charge is -2.37. The molecule has 2 amide bonds. The van der Waals surface area contributed by atoms with Crippen molar-refractivity contribution >= 4 is 17.5 Å². The number of rotatable bonds is 5. The van der Waals surface area contributed by atoms with Crippen molar-refractivity contribution in [2.24, 2.45) is 0 Å². The molecule has 2 aliphatic heterocycles. The number of benzene rings is 2. The number of anilines is 1. The minimum absolute atomic E-state index is 0.0570. The fourth-order valence-electron chi connectivity index (χ4n) is 4.12. The quantitative estimate of drug-likeness (QED) is 0.822. The van der Waals surface area contributed by atoms with Crippen LogP contribution in [-0.2, 0) is 16.1 Å². The number of nitrogens with zero attached hydrogens (tertiary/aromatic N) is 2. The number of piperazine rings is 1. The van der Waals surface area contributed by atoms with Gasteiger partial charge in [-0.1, -0.05) is 18.2 Å². The van der Waals surface area contributed by atoms with Crippen LogP contribution in [0.4, 0.5) is 10.1 Å². The summed E-state index contributed by atoms with van der Waals surface area (Å²) in [6.07, 6.45) is 0.101. The smallest absolute Gasteiger partial charge is 0.230 e. The molecule has 4 rings (SSSR count). The van der Waals surface area contributed by atoms with Crippen LogP contribution in [0.2, 0.25) is 0 Å². The van der Waals surface area contributed by atoms with Gasteiger partial charge in [-0.15, -0.1) is 0 Å². The van der Waals surface area contributed by atoms with Gasteiger partial charge in [-0.05, 0) is 42.3 Å². The molecule has 0 aliphatic carbocycles. The average Bonchev–Trinajstić information content (AvgIpc) is 2.74. The third kappa shape index (κ3) is 4.46. The second-order valence-corrected chi connectivity index (χ2v) is 7.71. The zero-order valence-corrected chi connectivity index (χ0v) is 17.1. The van der Waals surface area contributed by atoms with E-state index in [1.54, 1.807) is 6.07 Å². The first-order valence-electron chi connectivity index (χ1n) is 10.4. The molecule has 2 heterocycles. The van der Waals surface area contributed by atoms with Crippen molar-refractivity contribution in [1.29, 1.82) is 0 Å².